The van der Waals surface area contributed by atoms with Crippen molar-refractivity contribution in [2.75, 3.05) is 0 Å². The first-order chi connectivity index (χ1) is 12.0. The van der Waals surface area contributed by atoms with Crippen LogP contribution in [0.15, 0.2) is 28.9 Å². The minimum absolute atomic E-state index is 0.246. The number of aryl methyl sites for hydroxylation is 2. The lowest BCUT2D eigenvalue weighted by Gasteiger charge is -2.04. The number of nitrogens with zero attached hydrogens (tertiary/aromatic N) is 7. The van der Waals surface area contributed by atoms with Gasteiger partial charge in [0.1, 0.15) is 11.2 Å². The molecule has 0 radical (unpaired) electrons. The monoisotopic (exact) mass is 335 g/mol. The van der Waals surface area contributed by atoms with Crippen molar-refractivity contribution in [3.63, 3.8) is 0 Å². The summed E-state index contributed by atoms with van der Waals surface area (Å²) in [6, 6.07) is 6.06. The van der Waals surface area contributed by atoms with Crippen molar-refractivity contribution in [3.05, 3.63) is 35.8 Å². The number of fused-ring (bicyclic) bond motifs is 1. The molecule has 0 amide bonds. The molecule has 0 bridgehead atoms. The third-order valence-electron chi connectivity index (χ3n) is 4.06. The van der Waals surface area contributed by atoms with Gasteiger partial charge in [-0.25, -0.2) is 9.67 Å². The van der Waals surface area contributed by atoms with Crippen molar-refractivity contribution in [1.29, 1.82) is 0 Å². The fourth-order valence-corrected chi connectivity index (χ4v) is 2.55. The Hall–Kier alpha value is -3.16. The Morgan fingerprint density at radius 3 is 2.68 bits per heavy atom. The molecule has 126 valence electrons. The largest absolute Gasteiger partial charge is 0.332 e. The zero-order chi connectivity index (χ0) is 17.6. The van der Waals surface area contributed by atoms with E-state index < -0.39 is 0 Å². The van der Waals surface area contributed by atoms with E-state index in [1.54, 1.807) is 6.20 Å². The molecule has 1 aromatic carbocycles. The van der Waals surface area contributed by atoms with E-state index in [1.165, 1.54) is 0 Å². The van der Waals surface area contributed by atoms with Crippen LogP contribution in [0.25, 0.3) is 34.0 Å². The second kappa shape index (κ2) is 5.73. The lowest BCUT2D eigenvalue weighted by Crippen LogP contribution is -2.02. The van der Waals surface area contributed by atoms with Gasteiger partial charge in [0, 0.05) is 11.6 Å². The van der Waals surface area contributed by atoms with E-state index in [4.69, 9.17) is 4.52 Å². The summed E-state index contributed by atoms with van der Waals surface area (Å²) in [5, 5.41) is 12.5. The van der Waals surface area contributed by atoms with Gasteiger partial charge in [0.2, 0.25) is 5.82 Å². The summed E-state index contributed by atoms with van der Waals surface area (Å²) in [6.45, 7) is 7.94. The highest BCUT2D eigenvalue weighted by molar-refractivity contribution is 5.80. The summed E-state index contributed by atoms with van der Waals surface area (Å²) in [4.78, 5) is 13.2. The highest BCUT2D eigenvalue weighted by atomic mass is 16.5. The summed E-state index contributed by atoms with van der Waals surface area (Å²) in [6.07, 6.45) is 1.64. The SMILES string of the molecule is Cc1ncc(-c2nc(-c3ccc4c(c3)nnn4C(C)C)no2)nc1C. The molecular formula is C17H17N7O. The molecule has 0 aliphatic heterocycles. The number of aromatic nitrogens is 7. The highest BCUT2D eigenvalue weighted by Gasteiger charge is 2.15. The van der Waals surface area contributed by atoms with Crippen molar-refractivity contribution >= 4 is 11.0 Å². The van der Waals surface area contributed by atoms with Gasteiger partial charge < -0.3 is 4.52 Å². The zero-order valence-electron chi connectivity index (χ0n) is 14.4. The van der Waals surface area contributed by atoms with Crippen LogP contribution in [0.4, 0.5) is 0 Å². The third-order valence-corrected chi connectivity index (χ3v) is 4.06. The summed E-state index contributed by atoms with van der Waals surface area (Å²) in [5.41, 5.74) is 4.86. The number of benzene rings is 1. The average molecular weight is 335 g/mol. The molecule has 0 fully saturated rings. The summed E-state index contributed by atoms with van der Waals surface area (Å²) in [7, 11) is 0. The van der Waals surface area contributed by atoms with Gasteiger partial charge in [-0.2, -0.15) is 4.98 Å². The molecule has 0 aliphatic carbocycles. The Morgan fingerprint density at radius 1 is 1.08 bits per heavy atom. The quantitative estimate of drug-likeness (QED) is 0.567. The molecule has 0 unspecified atom stereocenters. The maximum atomic E-state index is 5.35. The predicted octanol–water partition coefficient (Wildman–Crippen LogP) is 3.14. The maximum Gasteiger partial charge on any atom is 0.278 e. The topological polar surface area (TPSA) is 95.4 Å². The van der Waals surface area contributed by atoms with Gasteiger partial charge >= 0.3 is 0 Å². The minimum Gasteiger partial charge on any atom is -0.332 e. The molecule has 0 atom stereocenters. The second-order valence-corrected chi connectivity index (χ2v) is 6.18. The van der Waals surface area contributed by atoms with Crippen LogP contribution in [0.3, 0.4) is 0 Å². The van der Waals surface area contributed by atoms with Gasteiger partial charge in [0.05, 0.1) is 23.1 Å². The zero-order valence-corrected chi connectivity index (χ0v) is 14.4. The van der Waals surface area contributed by atoms with Gasteiger partial charge in [-0.05, 0) is 45.9 Å². The van der Waals surface area contributed by atoms with E-state index in [0.717, 1.165) is 28.0 Å². The smallest absolute Gasteiger partial charge is 0.278 e. The second-order valence-electron chi connectivity index (χ2n) is 6.18. The first-order valence-corrected chi connectivity index (χ1v) is 8.02. The van der Waals surface area contributed by atoms with Gasteiger partial charge in [-0.1, -0.05) is 10.4 Å². The van der Waals surface area contributed by atoms with E-state index in [1.807, 2.05) is 36.7 Å². The Morgan fingerprint density at radius 2 is 1.92 bits per heavy atom. The minimum atomic E-state index is 0.246. The van der Waals surface area contributed by atoms with Crippen LogP contribution < -0.4 is 0 Å². The van der Waals surface area contributed by atoms with Crippen molar-refractivity contribution in [3.8, 4) is 23.0 Å². The van der Waals surface area contributed by atoms with E-state index in [2.05, 4.69) is 44.3 Å². The lowest BCUT2D eigenvalue weighted by molar-refractivity contribution is 0.430. The highest BCUT2D eigenvalue weighted by Crippen LogP contribution is 2.24. The predicted molar refractivity (Wildman–Crippen MR) is 91.7 cm³/mol. The van der Waals surface area contributed by atoms with Crippen molar-refractivity contribution in [2.45, 2.75) is 33.7 Å². The third kappa shape index (κ3) is 2.65. The number of rotatable bonds is 3. The van der Waals surface area contributed by atoms with Gasteiger partial charge in [-0.3, -0.25) is 4.98 Å². The molecule has 0 saturated heterocycles. The fraction of sp³-hybridized carbons (Fsp3) is 0.294. The van der Waals surface area contributed by atoms with Crippen molar-refractivity contribution < 1.29 is 4.52 Å². The molecule has 0 saturated carbocycles. The van der Waals surface area contributed by atoms with E-state index in [9.17, 15) is 0 Å². The molecule has 3 aromatic heterocycles. The Bertz CT molecular complexity index is 1060. The summed E-state index contributed by atoms with van der Waals surface area (Å²) >= 11 is 0. The molecule has 3 heterocycles. The van der Waals surface area contributed by atoms with E-state index >= 15 is 0 Å². The van der Waals surface area contributed by atoms with E-state index in [-0.39, 0.29) is 6.04 Å². The number of hydrogen-bond donors (Lipinski definition) is 0. The van der Waals surface area contributed by atoms with Crippen LogP contribution in [-0.4, -0.2) is 35.1 Å². The van der Waals surface area contributed by atoms with Gasteiger partial charge in [0.15, 0.2) is 0 Å². The van der Waals surface area contributed by atoms with Crippen LogP contribution in [0.2, 0.25) is 0 Å². The average Bonchev–Trinajstić information content (AvgIpc) is 3.23. The first-order valence-electron chi connectivity index (χ1n) is 8.02. The standard InChI is InChI=1S/C17H17N7O/c1-9(2)24-15-6-5-12(7-13(15)21-23-24)16-20-17(25-22-16)14-8-18-10(3)11(4)19-14/h5-9H,1-4H3. The summed E-state index contributed by atoms with van der Waals surface area (Å²) < 4.78 is 7.23. The molecule has 0 spiro atoms. The Balaban J connectivity index is 1.72. The fourth-order valence-electron chi connectivity index (χ4n) is 2.55. The summed E-state index contributed by atoms with van der Waals surface area (Å²) in [5.74, 6) is 0.826. The van der Waals surface area contributed by atoms with Crippen LogP contribution in [0.5, 0.6) is 0 Å². The first kappa shape index (κ1) is 15.4. The number of hydrogen-bond acceptors (Lipinski definition) is 7. The van der Waals surface area contributed by atoms with Crippen LogP contribution in [0.1, 0.15) is 31.3 Å². The lowest BCUT2D eigenvalue weighted by atomic mass is 10.2. The van der Waals surface area contributed by atoms with Crippen molar-refractivity contribution in [2.24, 2.45) is 0 Å². The molecule has 8 heteroatoms. The van der Waals surface area contributed by atoms with Crippen LogP contribution in [-0.2, 0) is 0 Å². The molecular weight excluding hydrogens is 318 g/mol. The maximum absolute atomic E-state index is 5.35. The molecule has 4 aromatic rings. The van der Waals surface area contributed by atoms with E-state index in [0.29, 0.717) is 17.4 Å². The molecule has 25 heavy (non-hydrogen) atoms. The normalized spacial score (nSPS) is 11.6. The Kier molecular flexibility index (Phi) is 3.52. The van der Waals surface area contributed by atoms with Crippen molar-refractivity contribution in [1.82, 2.24) is 35.1 Å². The molecule has 8 nitrogen and oxygen atoms in total. The molecule has 0 aliphatic rings. The van der Waals surface area contributed by atoms with Crippen LogP contribution >= 0.6 is 0 Å². The van der Waals surface area contributed by atoms with Crippen LogP contribution in [0, 0.1) is 13.8 Å². The van der Waals surface area contributed by atoms with Gasteiger partial charge in [-0.15, -0.1) is 5.10 Å². The van der Waals surface area contributed by atoms with Gasteiger partial charge in [0.25, 0.3) is 5.89 Å². The molecule has 4 rings (SSSR count). The Labute approximate surface area is 143 Å². The molecule has 0 N–H and O–H groups in total.